The predicted octanol–water partition coefficient (Wildman–Crippen LogP) is 5.02. The number of alkyl halides is 1. The summed E-state index contributed by atoms with van der Waals surface area (Å²) in [4.78, 5) is 4.22. The summed E-state index contributed by atoms with van der Waals surface area (Å²) < 4.78 is 0.833. The number of nitrogens with zero attached hydrogens (tertiary/aromatic N) is 1. The molecule has 2 aromatic rings. The van der Waals surface area contributed by atoms with E-state index in [1.165, 1.54) is 5.56 Å². The van der Waals surface area contributed by atoms with Crippen molar-refractivity contribution in [1.29, 1.82) is 0 Å². The molecular formula is C13H11BrCl2N2. The zero-order valence-corrected chi connectivity index (χ0v) is 12.6. The lowest BCUT2D eigenvalue weighted by Crippen LogP contribution is -1.95. The summed E-state index contributed by atoms with van der Waals surface area (Å²) in [5.74, 6) is 1.38. The average Bonchev–Trinajstić information content (AvgIpc) is 2.35. The summed E-state index contributed by atoms with van der Waals surface area (Å²) in [5.41, 5.74) is 2.20. The van der Waals surface area contributed by atoms with Crippen molar-refractivity contribution >= 4 is 50.6 Å². The maximum Gasteiger partial charge on any atom is 0.144 e. The van der Waals surface area contributed by atoms with Crippen molar-refractivity contribution in [3.63, 3.8) is 0 Å². The Morgan fingerprint density at radius 2 is 1.94 bits per heavy atom. The molecule has 0 radical (unpaired) electrons. The molecule has 0 aliphatic rings. The highest BCUT2D eigenvalue weighted by molar-refractivity contribution is 9.10. The lowest BCUT2D eigenvalue weighted by Gasteiger charge is -2.08. The van der Waals surface area contributed by atoms with Crippen molar-refractivity contribution in [3.8, 4) is 0 Å². The van der Waals surface area contributed by atoms with Crippen LogP contribution in [0.3, 0.4) is 0 Å². The fourth-order valence-electron chi connectivity index (χ4n) is 1.51. The van der Waals surface area contributed by atoms with Gasteiger partial charge in [0, 0.05) is 17.8 Å². The molecule has 18 heavy (non-hydrogen) atoms. The second kappa shape index (κ2) is 6.41. The summed E-state index contributed by atoms with van der Waals surface area (Å²) in [5, 5.41) is 3.82. The van der Waals surface area contributed by atoms with Crippen LogP contribution in [-0.2, 0) is 6.42 Å². The van der Waals surface area contributed by atoms with Crippen molar-refractivity contribution in [2.24, 2.45) is 0 Å². The standard InChI is InChI=1S/C13H11BrCl2N2/c14-12-7-10(16)8-17-13(12)18-11-3-1-9(2-4-11)5-6-15/h1-4,7-8H,5-6H2,(H,17,18). The van der Waals surface area contributed by atoms with E-state index in [4.69, 9.17) is 23.2 Å². The van der Waals surface area contributed by atoms with Gasteiger partial charge in [0.05, 0.1) is 9.50 Å². The molecule has 0 bridgehead atoms. The van der Waals surface area contributed by atoms with Crippen LogP contribution in [0.4, 0.5) is 11.5 Å². The van der Waals surface area contributed by atoms with E-state index in [-0.39, 0.29) is 0 Å². The van der Waals surface area contributed by atoms with Crippen LogP contribution in [0, 0.1) is 0 Å². The van der Waals surface area contributed by atoms with Crippen LogP contribution in [0.15, 0.2) is 41.0 Å². The Morgan fingerprint density at radius 3 is 2.56 bits per heavy atom. The van der Waals surface area contributed by atoms with Crippen LogP contribution in [-0.4, -0.2) is 10.9 Å². The number of aromatic nitrogens is 1. The smallest absolute Gasteiger partial charge is 0.144 e. The molecule has 0 fully saturated rings. The van der Waals surface area contributed by atoms with Crippen LogP contribution >= 0.6 is 39.1 Å². The quantitative estimate of drug-likeness (QED) is 0.786. The number of aryl methyl sites for hydroxylation is 1. The van der Waals surface area contributed by atoms with E-state index in [1.54, 1.807) is 12.3 Å². The minimum atomic E-state index is 0.602. The minimum absolute atomic E-state index is 0.602. The van der Waals surface area contributed by atoms with Crippen LogP contribution in [0.25, 0.3) is 0 Å². The second-order valence-electron chi connectivity index (χ2n) is 3.74. The van der Waals surface area contributed by atoms with Gasteiger partial charge in [-0.25, -0.2) is 4.98 Å². The Kier molecular flexibility index (Phi) is 4.87. The van der Waals surface area contributed by atoms with E-state index in [9.17, 15) is 0 Å². The zero-order valence-electron chi connectivity index (χ0n) is 9.46. The van der Waals surface area contributed by atoms with E-state index in [1.807, 2.05) is 12.1 Å². The second-order valence-corrected chi connectivity index (χ2v) is 5.41. The summed E-state index contributed by atoms with van der Waals surface area (Å²) in [6, 6.07) is 9.91. The molecule has 2 nitrogen and oxygen atoms in total. The summed E-state index contributed by atoms with van der Waals surface area (Å²) in [7, 11) is 0. The summed E-state index contributed by atoms with van der Waals surface area (Å²) in [6.45, 7) is 0. The molecule has 1 N–H and O–H groups in total. The van der Waals surface area contributed by atoms with Gasteiger partial charge >= 0.3 is 0 Å². The van der Waals surface area contributed by atoms with Gasteiger partial charge in [0.15, 0.2) is 0 Å². The third-order valence-corrected chi connectivity index (χ3v) is 3.41. The van der Waals surface area contributed by atoms with E-state index < -0.39 is 0 Å². The molecule has 1 aromatic carbocycles. The topological polar surface area (TPSA) is 24.9 Å². The molecule has 0 unspecified atom stereocenters. The van der Waals surface area contributed by atoms with Gasteiger partial charge in [-0.3, -0.25) is 0 Å². The predicted molar refractivity (Wildman–Crippen MR) is 81.1 cm³/mol. The maximum atomic E-state index is 5.84. The van der Waals surface area contributed by atoms with E-state index in [0.717, 1.165) is 22.4 Å². The molecular weight excluding hydrogens is 335 g/mol. The third kappa shape index (κ3) is 3.61. The Labute approximate surface area is 124 Å². The number of hydrogen-bond acceptors (Lipinski definition) is 2. The first kappa shape index (κ1) is 13.7. The van der Waals surface area contributed by atoms with Gasteiger partial charge in [-0.1, -0.05) is 23.7 Å². The Hall–Kier alpha value is -0.770. The normalized spacial score (nSPS) is 10.4. The molecule has 0 spiro atoms. The highest BCUT2D eigenvalue weighted by Gasteiger charge is 2.03. The third-order valence-electron chi connectivity index (χ3n) is 2.41. The van der Waals surface area contributed by atoms with Crippen LogP contribution in [0.5, 0.6) is 0 Å². The molecule has 94 valence electrons. The molecule has 5 heteroatoms. The average molecular weight is 346 g/mol. The lowest BCUT2D eigenvalue weighted by molar-refractivity contribution is 1.15. The molecule has 0 saturated carbocycles. The van der Waals surface area contributed by atoms with Gasteiger partial charge in [-0.2, -0.15) is 0 Å². The SMILES string of the molecule is ClCCc1ccc(Nc2ncc(Cl)cc2Br)cc1. The molecule has 0 saturated heterocycles. The highest BCUT2D eigenvalue weighted by atomic mass is 79.9. The van der Waals surface area contributed by atoms with Crippen LogP contribution in [0.2, 0.25) is 5.02 Å². The molecule has 0 aliphatic carbocycles. The Bertz CT molecular complexity index is 529. The molecule has 2 rings (SSSR count). The number of benzene rings is 1. The highest BCUT2D eigenvalue weighted by Crippen LogP contribution is 2.26. The first-order valence-corrected chi connectivity index (χ1v) is 7.12. The summed E-state index contributed by atoms with van der Waals surface area (Å²) >= 11 is 15.0. The van der Waals surface area contributed by atoms with Gasteiger partial charge in [0.1, 0.15) is 5.82 Å². The molecule has 0 atom stereocenters. The van der Waals surface area contributed by atoms with Crippen molar-refractivity contribution in [2.45, 2.75) is 6.42 Å². The van der Waals surface area contributed by atoms with E-state index in [0.29, 0.717) is 10.9 Å². The first-order chi connectivity index (χ1) is 8.69. The minimum Gasteiger partial charge on any atom is -0.339 e. The van der Waals surface area contributed by atoms with Crippen molar-refractivity contribution in [3.05, 3.63) is 51.6 Å². The van der Waals surface area contributed by atoms with Gasteiger partial charge in [0.2, 0.25) is 0 Å². The van der Waals surface area contributed by atoms with E-state index >= 15 is 0 Å². The number of halogens is 3. The number of rotatable bonds is 4. The number of pyridine rings is 1. The first-order valence-electron chi connectivity index (χ1n) is 5.42. The van der Waals surface area contributed by atoms with Gasteiger partial charge in [-0.15, -0.1) is 11.6 Å². The number of hydrogen-bond donors (Lipinski definition) is 1. The molecule has 1 heterocycles. The van der Waals surface area contributed by atoms with Crippen molar-refractivity contribution in [1.82, 2.24) is 4.98 Å². The van der Waals surface area contributed by atoms with Crippen molar-refractivity contribution in [2.75, 3.05) is 11.2 Å². The van der Waals surface area contributed by atoms with Crippen LogP contribution < -0.4 is 5.32 Å². The summed E-state index contributed by atoms with van der Waals surface area (Å²) in [6.07, 6.45) is 2.49. The van der Waals surface area contributed by atoms with Gasteiger partial charge in [0.25, 0.3) is 0 Å². The number of nitrogens with one attached hydrogen (secondary N) is 1. The van der Waals surface area contributed by atoms with E-state index in [2.05, 4.69) is 38.4 Å². The largest absolute Gasteiger partial charge is 0.339 e. The molecule has 1 aromatic heterocycles. The Balaban J connectivity index is 2.13. The van der Waals surface area contributed by atoms with Gasteiger partial charge in [-0.05, 0) is 46.1 Å². The fraction of sp³-hybridized carbons (Fsp3) is 0.154. The van der Waals surface area contributed by atoms with Crippen LogP contribution in [0.1, 0.15) is 5.56 Å². The zero-order chi connectivity index (χ0) is 13.0. The van der Waals surface area contributed by atoms with Crippen molar-refractivity contribution < 1.29 is 0 Å². The Morgan fingerprint density at radius 1 is 1.22 bits per heavy atom. The van der Waals surface area contributed by atoms with Gasteiger partial charge < -0.3 is 5.32 Å². The maximum absolute atomic E-state index is 5.84. The monoisotopic (exact) mass is 344 g/mol. The molecule has 0 aliphatic heterocycles. The number of anilines is 2. The molecule has 0 amide bonds. The lowest BCUT2D eigenvalue weighted by atomic mass is 10.1. The fourth-order valence-corrected chi connectivity index (χ4v) is 2.46.